The van der Waals surface area contributed by atoms with Crippen LogP contribution in [0, 0.1) is 11.6 Å². The Bertz CT molecular complexity index is 1030. The van der Waals surface area contributed by atoms with E-state index in [1.807, 2.05) is 0 Å². The molecule has 1 heterocycles. The molecule has 0 saturated heterocycles. The van der Waals surface area contributed by atoms with Crippen LogP contribution in [0.4, 0.5) is 8.78 Å². The van der Waals surface area contributed by atoms with Crippen LogP contribution in [-0.2, 0) is 10.5 Å². The summed E-state index contributed by atoms with van der Waals surface area (Å²) in [6.45, 7) is 6.00. The van der Waals surface area contributed by atoms with E-state index < -0.39 is 17.7 Å². The van der Waals surface area contributed by atoms with Crippen molar-refractivity contribution >= 4 is 40.8 Å². The summed E-state index contributed by atoms with van der Waals surface area (Å²) in [5, 5.41) is 11.0. The lowest BCUT2D eigenvalue weighted by Gasteiger charge is -2.14. The summed E-state index contributed by atoms with van der Waals surface area (Å²) in [5.74, 6) is -0.115. The van der Waals surface area contributed by atoms with E-state index >= 15 is 0 Å². The first-order chi connectivity index (χ1) is 14.8. The van der Waals surface area contributed by atoms with Crippen molar-refractivity contribution in [2.45, 2.75) is 47.2 Å². The number of amides is 1. The number of thioether (sulfide) groups is 2. The largest absolute Gasteiger partial charge is 0.349 e. The highest BCUT2D eigenvalue weighted by molar-refractivity contribution is 8.03. The number of halogens is 2. The fraction of sp³-hybridized carbons (Fsp3) is 0.318. The minimum atomic E-state index is -0.676. The van der Waals surface area contributed by atoms with Crippen LogP contribution >= 0.6 is 34.9 Å². The van der Waals surface area contributed by atoms with Gasteiger partial charge in [-0.05, 0) is 30.0 Å². The quantitative estimate of drug-likeness (QED) is 0.370. The average molecular weight is 480 g/mol. The molecular formula is C22H23F2N3OS3. The molecular weight excluding hydrogens is 456 g/mol. The summed E-state index contributed by atoms with van der Waals surface area (Å²) < 4.78 is 28.4. The predicted molar refractivity (Wildman–Crippen MR) is 124 cm³/mol. The van der Waals surface area contributed by atoms with Crippen LogP contribution in [0.1, 0.15) is 49.4 Å². The fourth-order valence-electron chi connectivity index (χ4n) is 2.80. The van der Waals surface area contributed by atoms with Crippen LogP contribution in [0.3, 0.4) is 0 Å². The Hall–Kier alpha value is -1.97. The third-order valence-electron chi connectivity index (χ3n) is 4.53. The Morgan fingerprint density at radius 1 is 1.03 bits per heavy atom. The normalized spacial score (nSPS) is 12.2. The van der Waals surface area contributed by atoms with E-state index in [1.54, 1.807) is 18.7 Å². The molecule has 0 spiro atoms. The third kappa shape index (κ3) is 7.02. The van der Waals surface area contributed by atoms with Gasteiger partial charge < -0.3 is 5.32 Å². The van der Waals surface area contributed by atoms with E-state index in [-0.39, 0.29) is 17.2 Å². The van der Waals surface area contributed by atoms with E-state index in [1.165, 1.54) is 46.4 Å². The van der Waals surface area contributed by atoms with Crippen molar-refractivity contribution in [3.8, 4) is 0 Å². The molecule has 164 valence electrons. The van der Waals surface area contributed by atoms with E-state index in [9.17, 15) is 13.6 Å². The van der Waals surface area contributed by atoms with Gasteiger partial charge in [-0.25, -0.2) is 8.78 Å². The number of rotatable bonds is 9. The van der Waals surface area contributed by atoms with Crippen LogP contribution in [0.15, 0.2) is 51.1 Å². The highest BCUT2D eigenvalue weighted by Gasteiger charge is 2.15. The molecule has 9 heteroatoms. The number of nitrogens with zero attached hydrogens (tertiary/aromatic N) is 2. The molecule has 0 fully saturated rings. The van der Waals surface area contributed by atoms with E-state index in [4.69, 9.17) is 0 Å². The van der Waals surface area contributed by atoms with Gasteiger partial charge in [0.05, 0.1) is 11.8 Å². The second-order valence-corrected chi connectivity index (χ2v) is 10.7. The molecule has 2 aromatic carbocycles. The Morgan fingerprint density at radius 2 is 1.71 bits per heavy atom. The molecule has 1 amide bonds. The second kappa shape index (κ2) is 11.1. The van der Waals surface area contributed by atoms with Gasteiger partial charge in [0.1, 0.15) is 11.6 Å². The van der Waals surface area contributed by atoms with E-state index in [0.717, 1.165) is 16.2 Å². The molecule has 0 bridgehead atoms. The molecule has 3 rings (SSSR count). The summed E-state index contributed by atoms with van der Waals surface area (Å²) in [5.41, 5.74) is 2.79. The van der Waals surface area contributed by atoms with Crippen LogP contribution in [0.25, 0.3) is 0 Å². The van der Waals surface area contributed by atoms with Gasteiger partial charge >= 0.3 is 0 Å². The van der Waals surface area contributed by atoms with E-state index in [0.29, 0.717) is 10.3 Å². The van der Waals surface area contributed by atoms with Gasteiger partial charge in [0.2, 0.25) is 5.91 Å². The van der Waals surface area contributed by atoms with Gasteiger partial charge in [0.25, 0.3) is 0 Å². The maximum atomic E-state index is 13.8. The zero-order chi connectivity index (χ0) is 22.4. The summed E-state index contributed by atoms with van der Waals surface area (Å²) >= 11 is 4.34. The molecule has 3 aromatic rings. The Labute approximate surface area is 193 Å². The minimum Gasteiger partial charge on any atom is -0.349 e. The molecule has 0 radical (unpaired) electrons. The predicted octanol–water partition coefficient (Wildman–Crippen LogP) is 6.20. The lowest BCUT2D eigenvalue weighted by atomic mass is 10.0. The monoisotopic (exact) mass is 479 g/mol. The van der Waals surface area contributed by atoms with Gasteiger partial charge in [-0.1, -0.05) is 79.0 Å². The van der Waals surface area contributed by atoms with Gasteiger partial charge in [-0.15, -0.1) is 10.2 Å². The Balaban J connectivity index is 1.45. The topological polar surface area (TPSA) is 54.9 Å². The number of benzene rings is 2. The summed E-state index contributed by atoms with van der Waals surface area (Å²) in [7, 11) is 0. The molecule has 0 aliphatic heterocycles. The van der Waals surface area contributed by atoms with E-state index in [2.05, 4.69) is 53.6 Å². The number of carbonyl (C=O) groups is 1. The standard InChI is InChI=1S/C22H23F2N3OS3/c1-13(2)16-6-4-15(5-7-16)11-29-21-26-27-22(31-21)30-12-20(28)25-14(3)18-9-8-17(23)10-19(18)24/h4-10,13-14H,11-12H2,1-3H3,(H,25,28). The Morgan fingerprint density at radius 3 is 2.35 bits per heavy atom. The molecule has 31 heavy (non-hydrogen) atoms. The molecule has 0 saturated carbocycles. The number of nitrogens with one attached hydrogen (secondary N) is 1. The van der Waals surface area contributed by atoms with Gasteiger partial charge in [-0.2, -0.15) is 0 Å². The lowest BCUT2D eigenvalue weighted by Crippen LogP contribution is -2.28. The summed E-state index contributed by atoms with van der Waals surface area (Å²) in [6.07, 6.45) is 0. The minimum absolute atomic E-state index is 0.142. The molecule has 0 aliphatic carbocycles. The van der Waals surface area contributed by atoms with Crippen molar-refractivity contribution < 1.29 is 13.6 Å². The van der Waals surface area contributed by atoms with Crippen LogP contribution in [-0.4, -0.2) is 21.9 Å². The van der Waals surface area contributed by atoms with Crippen LogP contribution < -0.4 is 5.32 Å². The highest BCUT2D eigenvalue weighted by Crippen LogP contribution is 2.31. The van der Waals surface area contributed by atoms with Gasteiger partial charge in [0, 0.05) is 17.4 Å². The smallest absolute Gasteiger partial charge is 0.230 e. The summed E-state index contributed by atoms with van der Waals surface area (Å²) in [4.78, 5) is 12.2. The van der Waals surface area contributed by atoms with Gasteiger partial charge in [0.15, 0.2) is 8.68 Å². The fourth-order valence-corrected chi connectivity index (χ4v) is 5.59. The van der Waals surface area contributed by atoms with Crippen molar-refractivity contribution in [2.24, 2.45) is 0 Å². The van der Waals surface area contributed by atoms with Crippen LogP contribution in [0.2, 0.25) is 0 Å². The third-order valence-corrected chi connectivity index (χ3v) is 7.79. The first-order valence-corrected chi connectivity index (χ1v) is 12.5. The number of hydrogen-bond acceptors (Lipinski definition) is 6. The van der Waals surface area contributed by atoms with Crippen molar-refractivity contribution in [3.63, 3.8) is 0 Å². The molecule has 1 N–H and O–H groups in total. The average Bonchev–Trinajstić information content (AvgIpc) is 3.19. The molecule has 1 unspecified atom stereocenters. The number of aromatic nitrogens is 2. The van der Waals surface area contributed by atoms with Crippen LogP contribution in [0.5, 0.6) is 0 Å². The zero-order valence-electron chi connectivity index (χ0n) is 17.4. The molecule has 1 aromatic heterocycles. The van der Waals surface area contributed by atoms with Crippen molar-refractivity contribution in [1.82, 2.24) is 15.5 Å². The van der Waals surface area contributed by atoms with Crippen molar-refractivity contribution in [3.05, 3.63) is 70.8 Å². The first kappa shape index (κ1) is 23.7. The lowest BCUT2D eigenvalue weighted by molar-refractivity contribution is -0.119. The summed E-state index contributed by atoms with van der Waals surface area (Å²) in [6, 6.07) is 11.3. The maximum absolute atomic E-state index is 13.8. The number of hydrogen-bond donors (Lipinski definition) is 1. The highest BCUT2D eigenvalue weighted by atomic mass is 32.2. The zero-order valence-corrected chi connectivity index (χ0v) is 19.8. The second-order valence-electron chi connectivity index (χ2n) is 7.26. The molecule has 4 nitrogen and oxygen atoms in total. The first-order valence-electron chi connectivity index (χ1n) is 9.74. The number of carbonyl (C=O) groups excluding carboxylic acids is 1. The Kier molecular flexibility index (Phi) is 8.45. The maximum Gasteiger partial charge on any atom is 0.230 e. The SMILES string of the molecule is CC(C)c1ccc(CSc2nnc(SCC(=O)NC(C)c3ccc(F)cc3F)s2)cc1. The van der Waals surface area contributed by atoms with Crippen molar-refractivity contribution in [1.29, 1.82) is 0 Å². The molecule has 0 aliphatic rings. The molecule has 1 atom stereocenters. The van der Waals surface area contributed by atoms with Gasteiger partial charge in [-0.3, -0.25) is 4.79 Å². The van der Waals surface area contributed by atoms with Crippen molar-refractivity contribution in [2.75, 3.05) is 5.75 Å².